The van der Waals surface area contributed by atoms with Gasteiger partial charge in [-0.25, -0.2) is 4.98 Å². The van der Waals surface area contributed by atoms with E-state index in [1.54, 1.807) is 11.7 Å². The van der Waals surface area contributed by atoms with Crippen molar-refractivity contribution in [1.82, 2.24) is 9.55 Å². The zero-order valence-corrected chi connectivity index (χ0v) is 17.0. The molecule has 5 heteroatoms. The summed E-state index contributed by atoms with van der Waals surface area (Å²) in [6.45, 7) is 5.10. The number of aromatic nitrogens is 2. The van der Waals surface area contributed by atoms with Gasteiger partial charge in [0, 0.05) is 23.6 Å². The number of ether oxygens (including phenoxy) is 1. The Morgan fingerprint density at radius 3 is 2.54 bits per heavy atom. The van der Waals surface area contributed by atoms with Crippen LogP contribution >= 0.6 is 11.3 Å². The molecule has 2 heterocycles. The number of hydrogen-bond donors (Lipinski definition) is 0. The van der Waals surface area contributed by atoms with Gasteiger partial charge in [0.05, 0.1) is 18.5 Å². The molecule has 0 aliphatic heterocycles. The number of hydrogen-bond acceptors (Lipinski definition) is 4. The predicted octanol–water partition coefficient (Wildman–Crippen LogP) is 5.06. The van der Waals surface area contributed by atoms with Gasteiger partial charge in [-0.15, -0.1) is 11.3 Å². The standard InChI is InChI=1S/C23H22N2O2S/c1-15-9-10-18(13-16(15)2)19-14-28-22-20(19)23(26)25(11-12-27-3)21(24-22)17-7-5-4-6-8-17/h4-10,13-14H,11-12H2,1-3H3. The van der Waals surface area contributed by atoms with Crippen molar-refractivity contribution in [2.24, 2.45) is 0 Å². The predicted molar refractivity (Wildman–Crippen MR) is 116 cm³/mol. The number of rotatable bonds is 5. The fourth-order valence-corrected chi connectivity index (χ4v) is 4.28. The average Bonchev–Trinajstić information content (AvgIpc) is 3.14. The van der Waals surface area contributed by atoms with Crippen LogP contribution in [0.1, 0.15) is 11.1 Å². The highest BCUT2D eigenvalue weighted by Gasteiger charge is 2.18. The van der Waals surface area contributed by atoms with E-state index < -0.39 is 0 Å². The SMILES string of the molecule is COCCn1c(-c2ccccc2)nc2scc(-c3ccc(C)c(C)c3)c2c1=O. The molecule has 0 bridgehead atoms. The van der Waals surface area contributed by atoms with E-state index in [1.807, 2.05) is 35.7 Å². The molecule has 28 heavy (non-hydrogen) atoms. The smallest absolute Gasteiger partial charge is 0.263 e. The molecule has 0 fully saturated rings. The third-order valence-corrected chi connectivity index (χ3v) is 5.93. The molecule has 142 valence electrons. The van der Waals surface area contributed by atoms with Crippen molar-refractivity contribution in [2.75, 3.05) is 13.7 Å². The second-order valence-corrected chi connectivity index (χ2v) is 7.74. The van der Waals surface area contributed by atoms with Crippen LogP contribution in [0, 0.1) is 13.8 Å². The summed E-state index contributed by atoms with van der Waals surface area (Å²) in [5.74, 6) is 0.684. The van der Waals surface area contributed by atoms with Gasteiger partial charge in [0.15, 0.2) is 0 Å². The van der Waals surface area contributed by atoms with E-state index in [0.717, 1.165) is 21.5 Å². The van der Waals surface area contributed by atoms with Crippen molar-refractivity contribution >= 4 is 21.6 Å². The van der Waals surface area contributed by atoms with E-state index in [-0.39, 0.29) is 5.56 Å². The van der Waals surface area contributed by atoms with Gasteiger partial charge in [-0.2, -0.15) is 0 Å². The molecule has 0 radical (unpaired) electrons. The first-order valence-electron chi connectivity index (χ1n) is 9.24. The molecule has 0 atom stereocenters. The summed E-state index contributed by atoms with van der Waals surface area (Å²) in [5.41, 5.74) is 5.37. The lowest BCUT2D eigenvalue weighted by atomic mass is 10.0. The Kier molecular flexibility index (Phi) is 5.11. The largest absolute Gasteiger partial charge is 0.383 e. The minimum atomic E-state index is -0.0182. The fourth-order valence-electron chi connectivity index (χ4n) is 3.34. The quantitative estimate of drug-likeness (QED) is 0.479. The van der Waals surface area contributed by atoms with Crippen LogP contribution in [-0.4, -0.2) is 23.3 Å². The number of benzene rings is 2. The zero-order valence-electron chi connectivity index (χ0n) is 16.2. The van der Waals surface area contributed by atoms with Crippen molar-refractivity contribution in [1.29, 1.82) is 0 Å². The van der Waals surface area contributed by atoms with Crippen molar-refractivity contribution in [3.63, 3.8) is 0 Å². The van der Waals surface area contributed by atoms with Crippen molar-refractivity contribution in [3.05, 3.63) is 75.4 Å². The molecule has 4 rings (SSSR count). The molecule has 0 spiro atoms. The molecule has 0 amide bonds. The van der Waals surface area contributed by atoms with Crippen LogP contribution in [0.15, 0.2) is 58.7 Å². The van der Waals surface area contributed by atoms with Gasteiger partial charge in [-0.3, -0.25) is 9.36 Å². The molecule has 0 unspecified atom stereocenters. The van der Waals surface area contributed by atoms with E-state index in [2.05, 4.69) is 32.0 Å². The van der Waals surface area contributed by atoms with Gasteiger partial charge in [0.25, 0.3) is 5.56 Å². The molecule has 0 saturated carbocycles. The lowest BCUT2D eigenvalue weighted by Gasteiger charge is -2.13. The molecule has 4 aromatic rings. The Hall–Kier alpha value is -2.76. The second-order valence-electron chi connectivity index (χ2n) is 6.88. The van der Waals surface area contributed by atoms with Crippen LogP contribution < -0.4 is 5.56 Å². The molecule has 2 aromatic carbocycles. The highest BCUT2D eigenvalue weighted by Crippen LogP contribution is 2.33. The molecular formula is C23H22N2O2S. The van der Waals surface area contributed by atoms with Crippen LogP contribution in [0.5, 0.6) is 0 Å². The minimum Gasteiger partial charge on any atom is -0.383 e. The molecule has 4 nitrogen and oxygen atoms in total. The zero-order chi connectivity index (χ0) is 19.7. The highest BCUT2D eigenvalue weighted by molar-refractivity contribution is 7.17. The summed E-state index contributed by atoms with van der Waals surface area (Å²) in [4.78, 5) is 19.2. The summed E-state index contributed by atoms with van der Waals surface area (Å²) in [6.07, 6.45) is 0. The van der Waals surface area contributed by atoms with Crippen molar-refractivity contribution in [2.45, 2.75) is 20.4 Å². The van der Waals surface area contributed by atoms with E-state index in [1.165, 1.54) is 22.5 Å². The van der Waals surface area contributed by atoms with E-state index in [0.29, 0.717) is 24.4 Å². The number of fused-ring (bicyclic) bond motifs is 1. The van der Waals surface area contributed by atoms with Gasteiger partial charge >= 0.3 is 0 Å². The van der Waals surface area contributed by atoms with E-state index >= 15 is 0 Å². The van der Waals surface area contributed by atoms with Crippen molar-refractivity contribution < 1.29 is 4.74 Å². The first kappa shape index (κ1) is 18.6. The maximum Gasteiger partial charge on any atom is 0.263 e. The lowest BCUT2D eigenvalue weighted by molar-refractivity contribution is 0.186. The molecule has 0 saturated heterocycles. The number of thiophene rings is 1. The average molecular weight is 391 g/mol. The Morgan fingerprint density at radius 2 is 1.82 bits per heavy atom. The lowest BCUT2D eigenvalue weighted by Crippen LogP contribution is -2.25. The number of methoxy groups -OCH3 is 1. The van der Waals surface area contributed by atoms with Crippen LogP contribution in [0.4, 0.5) is 0 Å². The molecule has 0 aliphatic rings. The normalized spacial score (nSPS) is 11.2. The third kappa shape index (κ3) is 3.28. The van der Waals surface area contributed by atoms with Gasteiger partial charge in [-0.1, -0.05) is 48.5 Å². The van der Waals surface area contributed by atoms with Gasteiger partial charge < -0.3 is 4.74 Å². The molecular weight excluding hydrogens is 368 g/mol. The molecule has 2 aromatic heterocycles. The second kappa shape index (κ2) is 7.70. The third-order valence-electron chi connectivity index (χ3n) is 5.06. The van der Waals surface area contributed by atoms with Crippen molar-refractivity contribution in [3.8, 4) is 22.5 Å². The minimum absolute atomic E-state index is 0.0182. The number of nitrogens with zero attached hydrogens (tertiary/aromatic N) is 2. The summed E-state index contributed by atoms with van der Waals surface area (Å²) >= 11 is 1.52. The first-order chi connectivity index (χ1) is 13.6. The van der Waals surface area contributed by atoms with Gasteiger partial charge in [0.2, 0.25) is 0 Å². The Morgan fingerprint density at radius 1 is 1.04 bits per heavy atom. The van der Waals surface area contributed by atoms with Gasteiger partial charge in [-0.05, 0) is 30.5 Å². The monoisotopic (exact) mass is 390 g/mol. The van der Waals surface area contributed by atoms with Crippen LogP contribution in [-0.2, 0) is 11.3 Å². The van der Waals surface area contributed by atoms with E-state index in [9.17, 15) is 4.79 Å². The maximum atomic E-state index is 13.5. The summed E-state index contributed by atoms with van der Waals surface area (Å²) in [7, 11) is 1.64. The Balaban J connectivity index is 1.97. The highest BCUT2D eigenvalue weighted by atomic mass is 32.1. The summed E-state index contributed by atoms with van der Waals surface area (Å²) in [6, 6.07) is 16.2. The number of aryl methyl sites for hydroxylation is 2. The molecule has 0 N–H and O–H groups in total. The summed E-state index contributed by atoms with van der Waals surface area (Å²) in [5, 5.41) is 2.72. The fraction of sp³-hybridized carbons (Fsp3) is 0.217. The van der Waals surface area contributed by atoms with Gasteiger partial charge in [0.1, 0.15) is 10.7 Å². The first-order valence-corrected chi connectivity index (χ1v) is 10.1. The van der Waals surface area contributed by atoms with E-state index in [4.69, 9.17) is 9.72 Å². The van der Waals surface area contributed by atoms with Crippen LogP contribution in [0.2, 0.25) is 0 Å². The Labute approximate surface area is 168 Å². The van der Waals surface area contributed by atoms with Crippen LogP contribution in [0.3, 0.4) is 0 Å². The molecule has 0 aliphatic carbocycles. The topological polar surface area (TPSA) is 44.1 Å². The maximum absolute atomic E-state index is 13.5. The Bertz CT molecular complexity index is 1190. The van der Waals surface area contributed by atoms with Crippen LogP contribution in [0.25, 0.3) is 32.7 Å². The summed E-state index contributed by atoms with van der Waals surface area (Å²) < 4.78 is 6.98.